The van der Waals surface area contributed by atoms with Crippen LogP contribution in [-0.2, 0) is 19.3 Å². The third-order valence-electron chi connectivity index (χ3n) is 25.3. The fourth-order valence-electron chi connectivity index (χ4n) is 17.7. The van der Waals surface area contributed by atoms with Gasteiger partial charge in [0.1, 0.15) is 5.01 Å². The van der Waals surface area contributed by atoms with E-state index in [1.54, 1.807) is 45.3 Å². The number of hydrogen-bond acceptors (Lipinski definition) is 16. The van der Waals surface area contributed by atoms with Crippen LogP contribution in [0.15, 0.2) is 461 Å². The number of thiazole rings is 4. The quantitative estimate of drug-likeness (QED) is 0.0713. The second kappa shape index (κ2) is 42.9. The van der Waals surface area contributed by atoms with Gasteiger partial charge in [0.2, 0.25) is 0 Å². The minimum atomic E-state index is 0.193. The largest absolute Gasteiger partial charge is 0.241 e. The second-order valence-electron chi connectivity index (χ2n) is 34.9. The van der Waals surface area contributed by atoms with Crippen molar-refractivity contribution in [3.63, 3.8) is 0 Å². The number of nitrogens with zero attached hydrogens (tertiary/aromatic N) is 12. The van der Waals surface area contributed by atoms with Crippen LogP contribution in [0.25, 0.3) is 215 Å². The van der Waals surface area contributed by atoms with Gasteiger partial charge in [-0.1, -0.05) is 403 Å². The maximum atomic E-state index is 5.04. The van der Waals surface area contributed by atoms with Crippen LogP contribution in [0.4, 0.5) is 0 Å². The van der Waals surface area contributed by atoms with Crippen molar-refractivity contribution in [3.8, 4) is 168 Å². The van der Waals surface area contributed by atoms with Gasteiger partial charge in [0.05, 0.1) is 101 Å². The number of fused-ring (bicyclic) bond motifs is 4. The predicted molar refractivity (Wildman–Crippen MR) is 601 cm³/mol. The van der Waals surface area contributed by atoms with E-state index in [4.69, 9.17) is 59.8 Å². The number of rotatable bonds is 20. The van der Waals surface area contributed by atoms with E-state index >= 15 is 0 Å². The maximum absolute atomic E-state index is 5.04. The Morgan fingerprint density at radius 3 is 0.958 bits per heavy atom. The molecule has 8 heterocycles. The predicted octanol–water partition coefficient (Wildman–Crippen LogP) is 34.2. The summed E-state index contributed by atoms with van der Waals surface area (Å²) in [5.41, 5.74) is 33.8. The zero-order valence-corrected chi connectivity index (χ0v) is 82.5. The lowest BCUT2D eigenvalue weighted by Gasteiger charge is -2.18. The number of aromatic nitrogens is 12. The molecule has 690 valence electrons. The molecule has 0 radical (unpaired) electrons. The fraction of sp³-hybridized carbons (Fsp3) is 0.0625. The standard InChI is InChI=1S/C35H25N3S.3C31H23N3S/c1-4-10-25(11-5-1)31-23-32(37-34(36-31)27-12-6-2-7-13-27)26-18-16-24(17-19-26)29-20-21-30-33(22-29)39-35(38-30)28-14-8-3-9-15-28;1-2-30-32-28-19-23(17-18-29(28)35-30)24-15-9-10-16-25(24)27-20-26(21-11-5-3-6-12-21)33-31(34-27)22-13-7-4-8-14-22;1-2-30-32-28-19-24(16-17-29(28)35-30)23-14-9-15-25(18-23)27-20-26(21-10-5-3-6-11-21)33-31(34-27)22-12-7-4-8-13-22;1-2-30-32-28-19-25(17-18-29(28)35-30)21-13-15-23(16-14-21)27-20-26(22-9-5-3-6-10-22)33-31(34-27)24-11-7-4-8-12-24/h1-18,20-23,26H,19H2;3*3-20H,2H2,1H3. The molecular formula is C128H94N12S4. The monoisotopic (exact) mass is 1930 g/mol. The topological polar surface area (TPSA) is 155 Å². The summed E-state index contributed by atoms with van der Waals surface area (Å²) >= 11 is 7.06. The Hall–Kier alpha value is -17.1. The smallest absolute Gasteiger partial charge is 0.160 e. The minimum absolute atomic E-state index is 0.193. The molecular weight excluding hydrogens is 1830 g/mol. The van der Waals surface area contributed by atoms with Crippen LogP contribution >= 0.6 is 45.3 Å². The molecule has 1 aliphatic carbocycles. The van der Waals surface area contributed by atoms with E-state index in [-0.39, 0.29) is 5.92 Å². The highest BCUT2D eigenvalue weighted by Gasteiger charge is 2.23. The first-order chi connectivity index (χ1) is 71.1. The molecule has 24 aromatic rings. The van der Waals surface area contributed by atoms with Crippen molar-refractivity contribution in [1.29, 1.82) is 0 Å². The third kappa shape index (κ3) is 21.0. The summed E-state index contributed by atoms with van der Waals surface area (Å²) in [5, 5.41) is 4.58. The second-order valence-corrected chi connectivity index (χ2v) is 39.3. The third-order valence-corrected chi connectivity index (χ3v) is 29.9. The number of benzene rings is 16. The number of hydrogen-bond donors (Lipinski definition) is 0. The summed E-state index contributed by atoms with van der Waals surface area (Å²) in [6, 6.07) is 153. The van der Waals surface area contributed by atoms with Crippen molar-refractivity contribution in [2.24, 2.45) is 0 Å². The van der Waals surface area contributed by atoms with E-state index in [1.165, 1.54) is 56.1 Å². The maximum Gasteiger partial charge on any atom is 0.160 e. The molecule has 0 saturated heterocycles. The Kier molecular flexibility index (Phi) is 27.4. The van der Waals surface area contributed by atoms with Crippen LogP contribution in [0.2, 0.25) is 0 Å². The zero-order valence-electron chi connectivity index (χ0n) is 79.3. The summed E-state index contributed by atoms with van der Waals surface area (Å²) in [5.74, 6) is 3.13. The average molecular weight is 1930 g/mol. The molecule has 1 aliphatic rings. The molecule has 16 aromatic carbocycles. The van der Waals surface area contributed by atoms with Gasteiger partial charge in [-0.15, -0.1) is 45.3 Å². The van der Waals surface area contributed by atoms with Crippen LogP contribution in [0.3, 0.4) is 0 Å². The van der Waals surface area contributed by atoms with Crippen LogP contribution < -0.4 is 0 Å². The highest BCUT2D eigenvalue weighted by Crippen LogP contribution is 2.42. The molecule has 1 unspecified atom stereocenters. The summed E-state index contributed by atoms with van der Waals surface area (Å²) in [7, 11) is 0. The van der Waals surface area contributed by atoms with Gasteiger partial charge in [-0.3, -0.25) is 0 Å². The average Bonchev–Trinajstić information content (AvgIpc) is 1.23. The van der Waals surface area contributed by atoms with Crippen LogP contribution in [-0.4, -0.2) is 59.8 Å². The first-order valence-corrected chi connectivity index (χ1v) is 51.7. The number of allylic oxidation sites excluding steroid dienone is 4. The lowest BCUT2D eigenvalue weighted by atomic mass is 9.90. The van der Waals surface area contributed by atoms with Crippen LogP contribution in [0.1, 0.15) is 59.4 Å². The molecule has 0 spiro atoms. The van der Waals surface area contributed by atoms with E-state index in [0.29, 0.717) is 0 Å². The lowest BCUT2D eigenvalue weighted by molar-refractivity contribution is 0.813. The Morgan fingerprint density at radius 1 is 0.208 bits per heavy atom. The van der Waals surface area contributed by atoms with Gasteiger partial charge in [-0.2, -0.15) is 0 Å². The molecule has 16 heteroatoms. The molecule has 144 heavy (non-hydrogen) atoms. The molecule has 0 N–H and O–H groups in total. The highest BCUT2D eigenvalue weighted by molar-refractivity contribution is 7.21. The molecule has 8 aromatic heterocycles. The first kappa shape index (κ1) is 91.9. The SMILES string of the molecule is C1=CC(c2cc(-c3ccccc3)nc(-c3ccccc3)n2)CC=C1c1ccc2nc(-c3ccccc3)sc2c1.CCc1nc2cc(-c3ccc(-c4cc(-c5ccccc5)nc(-c5ccccc5)n4)cc3)ccc2s1.CCc1nc2cc(-c3cccc(-c4cc(-c5ccccc5)nc(-c5ccccc5)n4)c3)ccc2s1.CCc1nc2cc(-c3ccccc3-c3cc(-c4ccccc4)nc(-c4ccccc4)n3)ccc2s1. The zero-order chi connectivity index (χ0) is 96.9. The van der Waals surface area contributed by atoms with Crippen LogP contribution in [0, 0.1) is 0 Å². The Morgan fingerprint density at radius 2 is 0.528 bits per heavy atom. The number of aryl methyl sites for hydroxylation is 3. The highest BCUT2D eigenvalue weighted by atomic mass is 32.1. The van der Waals surface area contributed by atoms with E-state index in [0.717, 1.165) is 211 Å². The van der Waals surface area contributed by atoms with Gasteiger partial charge in [0, 0.05) is 72.7 Å². The fourth-order valence-corrected chi connectivity index (χ4v) is 21.4. The summed E-state index contributed by atoms with van der Waals surface area (Å²) in [6.45, 7) is 6.45. The van der Waals surface area contributed by atoms with E-state index in [2.05, 4.69) is 342 Å². The van der Waals surface area contributed by atoms with E-state index in [9.17, 15) is 0 Å². The normalized spacial score (nSPS) is 12.1. The van der Waals surface area contributed by atoms with Crippen molar-refractivity contribution < 1.29 is 0 Å². The molecule has 0 bridgehead atoms. The molecule has 0 amide bonds. The van der Waals surface area contributed by atoms with Gasteiger partial charge in [-0.05, 0) is 149 Å². The van der Waals surface area contributed by atoms with Crippen molar-refractivity contribution in [2.75, 3.05) is 0 Å². The van der Waals surface area contributed by atoms with Gasteiger partial charge >= 0.3 is 0 Å². The summed E-state index contributed by atoms with van der Waals surface area (Å²) < 4.78 is 4.91. The van der Waals surface area contributed by atoms with E-state index < -0.39 is 0 Å². The van der Waals surface area contributed by atoms with Crippen molar-refractivity contribution in [3.05, 3.63) is 487 Å². The lowest BCUT2D eigenvalue weighted by Crippen LogP contribution is -2.05. The van der Waals surface area contributed by atoms with Gasteiger partial charge in [0.15, 0.2) is 23.3 Å². The Bertz CT molecular complexity index is 8470. The van der Waals surface area contributed by atoms with Crippen molar-refractivity contribution >= 4 is 91.8 Å². The molecule has 0 saturated carbocycles. The van der Waals surface area contributed by atoms with Gasteiger partial charge in [-0.25, -0.2) is 59.8 Å². The van der Waals surface area contributed by atoms with Gasteiger partial charge in [0.25, 0.3) is 0 Å². The molecule has 1 atom stereocenters. The molecule has 25 rings (SSSR count). The Balaban J connectivity index is 0.000000110. The van der Waals surface area contributed by atoms with Crippen molar-refractivity contribution in [1.82, 2.24) is 59.8 Å². The first-order valence-electron chi connectivity index (χ1n) is 48.5. The Labute approximate surface area is 852 Å². The molecule has 0 aliphatic heterocycles. The van der Waals surface area contributed by atoms with Crippen molar-refractivity contribution in [2.45, 2.75) is 52.4 Å². The summed E-state index contributed by atoms with van der Waals surface area (Å²) in [6.07, 6.45) is 10.6. The molecule has 0 fully saturated rings. The minimum Gasteiger partial charge on any atom is -0.241 e. The summed E-state index contributed by atoms with van der Waals surface area (Å²) in [4.78, 5) is 58.9. The molecule has 12 nitrogen and oxygen atoms in total. The van der Waals surface area contributed by atoms with E-state index in [1.807, 2.05) is 140 Å². The van der Waals surface area contributed by atoms with Gasteiger partial charge < -0.3 is 0 Å². The van der Waals surface area contributed by atoms with Crippen LogP contribution in [0.5, 0.6) is 0 Å².